The van der Waals surface area contributed by atoms with E-state index in [1.165, 1.54) is 0 Å². The molecule has 116 valence electrons. The van der Waals surface area contributed by atoms with Gasteiger partial charge in [-0.15, -0.1) is 23.1 Å². The summed E-state index contributed by atoms with van der Waals surface area (Å²) < 4.78 is 5.60. The normalized spacial score (nSPS) is 17.8. The molecular formula is C14H19NO4S2. The van der Waals surface area contributed by atoms with Crippen molar-refractivity contribution in [3.63, 3.8) is 0 Å². The SMILES string of the molecule is O=C(O)CSCC(=O)N(Cc1cccs1)CC1CCCO1. The molecule has 1 atom stereocenters. The third kappa shape index (κ3) is 5.68. The Kier molecular flexibility index (Phi) is 6.53. The first-order chi connectivity index (χ1) is 10.1. The molecule has 0 bridgehead atoms. The van der Waals surface area contributed by atoms with Crippen LogP contribution in [0.15, 0.2) is 17.5 Å². The lowest BCUT2D eigenvalue weighted by Crippen LogP contribution is -2.38. The third-order valence-electron chi connectivity index (χ3n) is 3.18. The number of thioether (sulfide) groups is 1. The van der Waals surface area contributed by atoms with Crippen molar-refractivity contribution in [2.75, 3.05) is 24.7 Å². The molecule has 0 aliphatic carbocycles. The smallest absolute Gasteiger partial charge is 0.313 e. The molecule has 7 heteroatoms. The van der Waals surface area contributed by atoms with Gasteiger partial charge in [0.05, 0.1) is 24.2 Å². The molecule has 0 spiro atoms. The van der Waals surface area contributed by atoms with E-state index in [1.807, 2.05) is 17.5 Å². The summed E-state index contributed by atoms with van der Waals surface area (Å²) in [5.74, 6) is -0.759. The molecule has 1 aliphatic heterocycles. The highest BCUT2D eigenvalue weighted by Crippen LogP contribution is 2.18. The van der Waals surface area contributed by atoms with Crippen LogP contribution in [-0.4, -0.2) is 52.6 Å². The van der Waals surface area contributed by atoms with Crippen LogP contribution >= 0.6 is 23.1 Å². The first kappa shape index (κ1) is 16.3. The van der Waals surface area contributed by atoms with E-state index < -0.39 is 5.97 Å². The minimum atomic E-state index is -0.892. The van der Waals surface area contributed by atoms with Crippen LogP contribution in [-0.2, 0) is 20.9 Å². The fourth-order valence-electron chi connectivity index (χ4n) is 2.20. The van der Waals surface area contributed by atoms with Gasteiger partial charge in [0.25, 0.3) is 0 Å². The van der Waals surface area contributed by atoms with Crippen molar-refractivity contribution in [1.29, 1.82) is 0 Å². The van der Waals surface area contributed by atoms with Crippen LogP contribution in [0.5, 0.6) is 0 Å². The van der Waals surface area contributed by atoms with Crippen molar-refractivity contribution in [3.8, 4) is 0 Å². The number of amides is 1. The summed E-state index contributed by atoms with van der Waals surface area (Å²) in [5.41, 5.74) is 0. The van der Waals surface area contributed by atoms with Gasteiger partial charge in [-0.3, -0.25) is 9.59 Å². The fraction of sp³-hybridized carbons (Fsp3) is 0.571. The number of carboxylic acid groups (broad SMARTS) is 1. The van der Waals surface area contributed by atoms with E-state index in [1.54, 1.807) is 16.2 Å². The lowest BCUT2D eigenvalue weighted by Gasteiger charge is -2.25. The van der Waals surface area contributed by atoms with Gasteiger partial charge in [0.15, 0.2) is 0 Å². The predicted octanol–water partition coefficient (Wildman–Crippen LogP) is 2.07. The summed E-state index contributed by atoms with van der Waals surface area (Å²) in [5, 5.41) is 10.6. The van der Waals surface area contributed by atoms with Crippen molar-refractivity contribution in [2.45, 2.75) is 25.5 Å². The first-order valence-electron chi connectivity index (χ1n) is 6.86. The van der Waals surface area contributed by atoms with Gasteiger partial charge in [0, 0.05) is 18.0 Å². The van der Waals surface area contributed by atoms with E-state index >= 15 is 0 Å². The second-order valence-corrected chi connectivity index (χ2v) is 6.89. The lowest BCUT2D eigenvalue weighted by atomic mass is 10.2. The monoisotopic (exact) mass is 329 g/mol. The lowest BCUT2D eigenvalue weighted by molar-refractivity contribution is -0.133. The van der Waals surface area contributed by atoms with Crippen molar-refractivity contribution in [1.82, 2.24) is 4.90 Å². The van der Waals surface area contributed by atoms with Crippen LogP contribution in [0, 0.1) is 0 Å². The van der Waals surface area contributed by atoms with Gasteiger partial charge in [-0.2, -0.15) is 0 Å². The second kappa shape index (κ2) is 8.41. The number of hydrogen-bond donors (Lipinski definition) is 1. The summed E-state index contributed by atoms with van der Waals surface area (Å²) in [6.45, 7) is 1.92. The van der Waals surface area contributed by atoms with Crippen molar-refractivity contribution >= 4 is 35.0 Å². The van der Waals surface area contributed by atoms with Gasteiger partial charge in [0.1, 0.15) is 0 Å². The molecule has 5 nitrogen and oxygen atoms in total. The maximum Gasteiger partial charge on any atom is 0.313 e. The molecule has 2 rings (SSSR count). The van der Waals surface area contributed by atoms with Gasteiger partial charge >= 0.3 is 5.97 Å². The number of hydrogen-bond acceptors (Lipinski definition) is 5. The van der Waals surface area contributed by atoms with Gasteiger partial charge in [-0.05, 0) is 24.3 Å². The van der Waals surface area contributed by atoms with Crippen molar-refractivity contribution in [3.05, 3.63) is 22.4 Å². The Labute approximate surface area is 132 Å². The molecule has 1 aromatic heterocycles. The van der Waals surface area contributed by atoms with E-state index in [0.29, 0.717) is 13.1 Å². The van der Waals surface area contributed by atoms with Crippen molar-refractivity contribution in [2.24, 2.45) is 0 Å². The topological polar surface area (TPSA) is 66.8 Å². The Balaban J connectivity index is 1.89. The average Bonchev–Trinajstić information content (AvgIpc) is 3.10. The molecule has 1 aliphatic rings. The van der Waals surface area contributed by atoms with Crippen LogP contribution in [0.2, 0.25) is 0 Å². The molecule has 1 amide bonds. The number of rotatable bonds is 8. The number of carboxylic acids is 1. The number of nitrogens with zero attached hydrogens (tertiary/aromatic N) is 1. The van der Waals surface area contributed by atoms with Gasteiger partial charge in [-0.25, -0.2) is 0 Å². The summed E-state index contributed by atoms with van der Waals surface area (Å²) in [4.78, 5) is 25.7. The summed E-state index contributed by atoms with van der Waals surface area (Å²) >= 11 is 2.76. The second-order valence-electron chi connectivity index (χ2n) is 4.88. The number of carbonyl (C=O) groups excluding carboxylic acids is 1. The van der Waals surface area contributed by atoms with E-state index in [4.69, 9.17) is 9.84 Å². The van der Waals surface area contributed by atoms with E-state index in [0.717, 1.165) is 36.1 Å². The molecular weight excluding hydrogens is 310 g/mol. The van der Waals surface area contributed by atoms with Crippen molar-refractivity contribution < 1.29 is 19.4 Å². The molecule has 1 saturated heterocycles. The van der Waals surface area contributed by atoms with Crippen LogP contribution in [0.4, 0.5) is 0 Å². The number of carbonyl (C=O) groups is 2. The highest BCUT2D eigenvalue weighted by Gasteiger charge is 2.23. The largest absolute Gasteiger partial charge is 0.481 e. The minimum absolute atomic E-state index is 0.0230. The maximum absolute atomic E-state index is 12.3. The van der Waals surface area contributed by atoms with Crippen LogP contribution in [0.25, 0.3) is 0 Å². The Hall–Kier alpha value is -1.05. The Morgan fingerprint density at radius 1 is 1.48 bits per heavy atom. The fourth-order valence-corrected chi connectivity index (χ4v) is 3.55. The predicted molar refractivity (Wildman–Crippen MR) is 83.7 cm³/mol. The minimum Gasteiger partial charge on any atom is -0.481 e. The Morgan fingerprint density at radius 3 is 2.95 bits per heavy atom. The highest BCUT2D eigenvalue weighted by molar-refractivity contribution is 8.00. The molecule has 0 saturated carbocycles. The quantitative estimate of drug-likeness (QED) is 0.791. The van der Waals surface area contributed by atoms with Gasteiger partial charge < -0.3 is 14.7 Å². The number of thiophene rings is 1. The number of ether oxygens (including phenoxy) is 1. The average molecular weight is 329 g/mol. The van der Waals surface area contributed by atoms with E-state index in [-0.39, 0.29) is 23.5 Å². The highest BCUT2D eigenvalue weighted by atomic mass is 32.2. The molecule has 2 heterocycles. The van der Waals surface area contributed by atoms with Crippen LogP contribution in [0.1, 0.15) is 17.7 Å². The molecule has 0 radical (unpaired) electrons. The van der Waals surface area contributed by atoms with Gasteiger partial charge in [-0.1, -0.05) is 6.07 Å². The standard InChI is InChI=1S/C14H19NO4S2/c16-13(9-20-10-14(17)18)15(7-11-3-1-5-19-11)8-12-4-2-6-21-12/h2,4,6,11H,1,3,5,7-10H2,(H,17,18). The molecule has 1 fully saturated rings. The Bertz CT molecular complexity index is 458. The zero-order valence-corrected chi connectivity index (χ0v) is 13.3. The summed E-state index contributed by atoms with van der Waals surface area (Å²) in [7, 11) is 0. The zero-order valence-electron chi connectivity index (χ0n) is 11.7. The van der Waals surface area contributed by atoms with E-state index in [2.05, 4.69) is 0 Å². The molecule has 0 aromatic carbocycles. The van der Waals surface area contributed by atoms with Gasteiger partial charge in [0.2, 0.25) is 5.91 Å². The molecule has 1 unspecified atom stereocenters. The molecule has 21 heavy (non-hydrogen) atoms. The molecule has 1 N–H and O–H groups in total. The first-order valence-corrected chi connectivity index (χ1v) is 8.90. The Morgan fingerprint density at radius 2 is 2.33 bits per heavy atom. The third-order valence-corrected chi connectivity index (χ3v) is 4.94. The maximum atomic E-state index is 12.3. The number of aliphatic carboxylic acids is 1. The zero-order chi connectivity index (χ0) is 15.1. The summed E-state index contributed by atoms with van der Waals surface area (Å²) in [6, 6.07) is 3.97. The summed E-state index contributed by atoms with van der Waals surface area (Å²) in [6.07, 6.45) is 2.13. The van der Waals surface area contributed by atoms with E-state index in [9.17, 15) is 9.59 Å². The molecule has 1 aromatic rings. The van der Waals surface area contributed by atoms with Crippen LogP contribution in [0.3, 0.4) is 0 Å². The van der Waals surface area contributed by atoms with Crippen LogP contribution < -0.4 is 0 Å².